The van der Waals surface area contributed by atoms with E-state index in [0.29, 0.717) is 6.42 Å². The Hall–Kier alpha value is -2.96. The number of fused-ring (bicyclic) bond motifs is 1. The highest BCUT2D eigenvalue weighted by atomic mass is 16.6. The van der Waals surface area contributed by atoms with E-state index < -0.39 is 23.6 Å². The van der Waals surface area contributed by atoms with Gasteiger partial charge in [0.25, 0.3) is 5.91 Å². The molecule has 7 heteroatoms. The van der Waals surface area contributed by atoms with E-state index in [2.05, 4.69) is 20.8 Å². The molecule has 0 unspecified atom stereocenters. The molecule has 2 aromatic rings. The Morgan fingerprint density at radius 1 is 1.21 bits per heavy atom. The summed E-state index contributed by atoms with van der Waals surface area (Å²) in [5.74, 6) is -0.194. The molecule has 0 saturated carbocycles. The molecule has 7 nitrogen and oxygen atoms in total. The number of alkyl carbamates (subject to hydrolysis) is 1. The van der Waals surface area contributed by atoms with Crippen molar-refractivity contribution in [1.82, 2.24) is 15.7 Å². The lowest BCUT2D eigenvalue weighted by Gasteiger charge is -2.23. The van der Waals surface area contributed by atoms with Crippen LogP contribution in [0.1, 0.15) is 46.6 Å². The van der Waals surface area contributed by atoms with E-state index in [9.17, 15) is 9.59 Å². The summed E-state index contributed by atoms with van der Waals surface area (Å²) in [5.41, 5.74) is 3.46. The zero-order valence-corrected chi connectivity index (χ0v) is 17.0. The molecule has 0 bridgehead atoms. The average molecular weight is 384 g/mol. The van der Waals surface area contributed by atoms with Crippen LogP contribution in [0.15, 0.2) is 41.6 Å². The van der Waals surface area contributed by atoms with E-state index in [0.717, 1.165) is 16.5 Å². The van der Waals surface area contributed by atoms with Gasteiger partial charge in [0.15, 0.2) is 0 Å². The van der Waals surface area contributed by atoms with Crippen LogP contribution in [0.2, 0.25) is 0 Å². The van der Waals surface area contributed by atoms with Crippen LogP contribution < -0.4 is 10.7 Å². The minimum absolute atomic E-state index is 0.205. The Morgan fingerprint density at radius 3 is 2.61 bits per heavy atom. The van der Waals surface area contributed by atoms with E-state index >= 15 is 0 Å². The molecule has 150 valence electrons. The minimum Gasteiger partial charge on any atom is -0.444 e. The summed E-state index contributed by atoms with van der Waals surface area (Å²) >= 11 is 0. The van der Waals surface area contributed by atoms with Crippen molar-refractivity contribution in [2.24, 2.45) is 11.0 Å². The van der Waals surface area contributed by atoms with Gasteiger partial charge in [0.05, 0.1) is 11.7 Å². The molecule has 1 aromatic carbocycles. The van der Waals surface area contributed by atoms with Crippen molar-refractivity contribution in [2.45, 2.75) is 52.7 Å². The van der Waals surface area contributed by atoms with Gasteiger partial charge in [-0.1, -0.05) is 38.1 Å². The molecule has 0 aliphatic carbocycles. The van der Waals surface area contributed by atoms with Crippen LogP contribution in [0.4, 0.5) is 4.79 Å². The maximum Gasteiger partial charge on any atom is 0.408 e. The molecule has 1 heterocycles. The second kappa shape index (κ2) is 9.30. The predicted octanol–water partition coefficient (Wildman–Crippen LogP) is 3.62. The predicted molar refractivity (Wildman–Crippen MR) is 110 cm³/mol. The third-order valence-corrected chi connectivity index (χ3v) is 3.76. The molecule has 2 N–H and O–H groups in total. The van der Waals surface area contributed by atoms with Crippen molar-refractivity contribution in [3.05, 3.63) is 42.1 Å². The minimum atomic E-state index is -0.738. The topological polar surface area (TPSA) is 92.7 Å². The number of hydrogen-bond donors (Lipinski definition) is 2. The quantitative estimate of drug-likeness (QED) is 0.588. The maximum atomic E-state index is 12.5. The van der Waals surface area contributed by atoms with Gasteiger partial charge >= 0.3 is 6.09 Å². The summed E-state index contributed by atoms with van der Waals surface area (Å²) in [4.78, 5) is 28.9. The molecular weight excluding hydrogens is 356 g/mol. The lowest BCUT2D eigenvalue weighted by molar-refractivity contribution is -0.123. The normalized spacial score (nSPS) is 12.9. The third kappa shape index (κ3) is 6.64. The smallest absolute Gasteiger partial charge is 0.408 e. The van der Waals surface area contributed by atoms with Crippen molar-refractivity contribution < 1.29 is 14.3 Å². The monoisotopic (exact) mass is 384 g/mol. The summed E-state index contributed by atoms with van der Waals surface area (Å²) < 4.78 is 5.25. The van der Waals surface area contributed by atoms with Crippen LogP contribution >= 0.6 is 0 Å². The first kappa shape index (κ1) is 21.3. The standard InChI is InChI=1S/C21H28N4O3/c1-14(2)12-17(24-20(27)28-21(3,4)5)19(26)25-23-13-16-9-6-8-15-10-7-11-22-18(15)16/h6-11,13-14,17H,12H2,1-5H3,(H,24,27)(H,25,26)/b23-13-/t17-/m0/s1. The molecular formula is C21H28N4O3. The van der Waals surface area contributed by atoms with Gasteiger partial charge in [-0.05, 0) is 39.2 Å². The molecule has 1 aromatic heterocycles. The van der Waals surface area contributed by atoms with Gasteiger partial charge in [-0.3, -0.25) is 9.78 Å². The molecule has 2 rings (SSSR count). The lowest BCUT2D eigenvalue weighted by atomic mass is 10.0. The highest BCUT2D eigenvalue weighted by molar-refractivity contribution is 5.97. The zero-order chi connectivity index (χ0) is 20.7. The number of pyridine rings is 1. The molecule has 0 spiro atoms. The van der Waals surface area contributed by atoms with E-state index in [1.165, 1.54) is 0 Å². The number of rotatable bonds is 6. The SMILES string of the molecule is CC(C)C[C@H](NC(=O)OC(C)(C)C)C(=O)N/N=C\c1cccc2cccnc12. The number of nitrogens with one attached hydrogen (secondary N) is 2. The van der Waals surface area contributed by atoms with Crippen LogP contribution in [-0.2, 0) is 9.53 Å². The fourth-order valence-electron chi connectivity index (χ4n) is 2.63. The van der Waals surface area contributed by atoms with E-state index in [1.807, 2.05) is 44.2 Å². The van der Waals surface area contributed by atoms with E-state index in [4.69, 9.17) is 4.74 Å². The number of carbonyl (C=O) groups excluding carboxylic acids is 2. The molecule has 28 heavy (non-hydrogen) atoms. The Morgan fingerprint density at radius 2 is 1.93 bits per heavy atom. The summed E-state index contributed by atoms with van der Waals surface area (Å²) in [7, 11) is 0. The van der Waals surface area contributed by atoms with Crippen LogP contribution in [0, 0.1) is 5.92 Å². The van der Waals surface area contributed by atoms with Gasteiger partial charge in [-0.2, -0.15) is 5.10 Å². The molecule has 0 aliphatic rings. The number of amides is 2. The fraction of sp³-hybridized carbons (Fsp3) is 0.429. The highest BCUT2D eigenvalue weighted by Crippen LogP contribution is 2.14. The van der Waals surface area contributed by atoms with E-state index in [1.54, 1.807) is 33.2 Å². The summed E-state index contributed by atoms with van der Waals surface area (Å²) in [5, 5.41) is 7.66. The summed E-state index contributed by atoms with van der Waals surface area (Å²) in [6.45, 7) is 9.26. The number of nitrogens with zero attached hydrogens (tertiary/aromatic N) is 2. The van der Waals surface area contributed by atoms with Crippen molar-refractivity contribution in [3.8, 4) is 0 Å². The number of para-hydroxylation sites is 1. The molecule has 2 amide bonds. The molecule has 0 saturated heterocycles. The Kier molecular flexibility index (Phi) is 7.09. The largest absolute Gasteiger partial charge is 0.444 e. The zero-order valence-electron chi connectivity index (χ0n) is 17.0. The lowest BCUT2D eigenvalue weighted by Crippen LogP contribution is -2.47. The van der Waals surface area contributed by atoms with Crippen LogP contribution in [0.3, 0.4) is 0 Å². The van der Waals surface area contributed by atoms with Crippen LogP contribution in [0.5, 0.6) is 0 Å². The third-order valence-electron chi connectivity index (χ3n) is 3.76. The number of hydrogen-bond acceptors (Lipinski definition) is 5. The number of carbonyl (C=O) groups is 2. The van der Waals surface area contributed by atoms with Gasteiger partial charge in [-0.25, -0.2) is 10.2 Å². The Labute approximate surface area is 165 Å². The second-order valence-corrected chi connectivity index (χ2v) is 7.98. The number of aromatic nitrogens is 1. The molecule has 0 fully saturated rings. The van der Waals surface area contributed by atoms with Gasteiger partial charge in [0.2, 0.25) is 0 Å². The van der Waals surface area contributed by atoms with Gasteiger partial charge < -0.3 is 10.1 Å². The van der Waals surface area contributed by atoms with Crippen molar-refractivity contribution in [2.75, 3.05) is 0 Å². The average Bonchev–Trinajstić information content (AvgIpc) is 2.59. The molecule has 0 aliphatic heterocycles. The van der Waals surface area contributed by atoms with Crippen molar-refractivity contribution in [1.29, 1.82) is 0 Å². The second-order valence-electron chi connectivity index (χ2n) is 7.98. The van der Waals surface area contributed by atoms with Crippen molar-refractivity contribution >= 4 is 29.1 Å². The summed E-state index contributed by atoms with van der Waals surface area (Å²) in [6.07, 6.45) is 3.10. The van der Waals surface area contributed by atoms with Gasteiger partial charge in [-0.15, -0.1) is 0 Å². The molecule has 0 radical (unpaired) electrons. The Bertz CT molecular complexity index is 851. The van der Waals surface area contributed by atoms with Gasteiger partial charge in [0, 0.05) is 17.1 Å². The first-order valence-electron chi connectivity index (χ1n) is 9.32. The number of benzene rings is 1. The number of ether oxygens (including phenoxy) is 1. The maximum absolute atomic E-state index is 12.5. The first-order valence-corrected chi connectivity index (χ1v) is 9.32. The van der Waals surface area contributed by atoms with Gasteiger partial charge in [0.1, 0.15) is 11.6 Å². The first-order chi connectivity index (χ1) is 13.2. The Balaban J connectivity index is 2.06. The highest BCUT2D eigenvalue weighted by Gasteiger charge is 2.25. The van der Waals surface area contributed by atoms with E-state index in [-0.39, 0.29) is 5.92 Å². The van der Waals surface area contributed by atoms with Crippen LogP contribution in [0.25, 0.3) is 10.9 Å². The van der Waals surface area contributed by atoms with Crippen LogP contribution in [-0.4, -0.2) is 34.8 Å². The summed E-state index contributed by atoms with van der Waals surface area (Å²) in [6, 6.07) is 8.82. The number of hydrazone groups is 1. The molecule has 1 atom stereocenters. The fourth-order valence-corrected chi connectivity index (χ4v) is 2.63. The van der Waals surface area contributed by atoms with Crippen molar-refractivity contribution in [3.63, 3.8) is 0 Å².